The lowest BCUT2D eigenvalue weighted by molar-refractivity contribution is 0.536. The molecule has 3 rings (SSSR count). The highest BCUT2D eigenvalue weighted by molar-refractivity contribution is 9.10. The van der Waals surface area contributed by atoms with Crippen LogP contribution in [-0.2, 0) is 13.0 Å². The van der Waals surface area contributed by atoms with Crippen LogP contribution in [0.15, 0.2) is 40.9 Å². The summed E-state index contributed by atoms with van der Waals surface area (Å²) in [4.78, 5) is 7.98. The lowest BCUT2D eigenvalue weighted by Gasteiger charge is -2.13. The fourth-order valence-corrected chi connectivity index (χ4v) is 3.43. The first kappa shape index (κ1) is 16.8. The Bertz CT molecular complexity index is 812. The molecule has 2 N–H and O–H groups in total. The Balaban J connectivity index is 1.62. The van der Waals surface area contributed by atoms with Crippen molar-refractivity contribution in [3.63, 3.8) is 0 Å². The molecule has 1 aromatic heterocycles. The molecule has 0 spiro atoms. The molecule has 120 valence electrons. The molecule has 0 aliphatic rings. The van der Waals surface area contributed by atoms with E-state index >= 15 is 0 Å². The molecule has 0 amide bonds. The van der Waals surface area contributed by atoms with E-state index in [0.29, 0.717) is 16.6 Å². The zero-order valence-corrected chi connectivity index (χ0v) is 15.6. The fourth-order valence-electron chi connectivity index (χ4n) is 2.50. The predicted octanol–water partition coefficient (Wildman–Crippen LogP) is 5.35. The minimum absolute atomic E-state index is 0.275. The van der Waals surface area contributed by atoms with Crippen molar-refractivity contribution >= 4 is 50.2 Å². The van der Waals surface area contributed by atoms with Crippen molar-refractivity contribution in [2.45, 2.75) is 25.9 Å². The number of aromatic nitrogens is 2. The number of fused-ring (bicyclic) bond motifs is 1. The van der Waals surface area contributed by atoms with Crippen LogP contribution in [-0.4, -0.2) is 16.0 Å². The second-order valence-electron chi connectivity index (χ2n) is 5.61. The van der Waals surface area contributed by atoms with E-state index in [2.05, 4.69) is 38.1 Å². The van der Waals surface area contributed by atoms with E-state index in [4.69, 9.17) is 23.2 Å². The van der Waals surface area contributed by atoms with Gasteiger partial charge in [-0.1, -0.05) is 39.1 Å². The highest BCUT2D eigenvalue weighted by Gasteiger charge is 2.08. The molecule has 1 atom stereocenters. The minimum atomic E-state index is 0.275. The maximum Gasteiger partial charge on any atom is 0.108 e. The van der Waals surface area contributed by atoms with Gasteiger partial charge in [0.05, 0.1) is 11.0 Å². The Hall–Kier alpha value is -1.07. The standard InChI is InChI=1S/C17H16BrCl2N3/c1-10(21-9-11-5-13(19)8-14(20)6-11)4-17-22-15-3-2-12(18)7-16(15)23-17/h2-3,5-8,10,21H,4,9H2,1H3,(H,22,23). The Morgan fingerprint density at radius 2 is 1.91 bits per heavy atom. The number of nitrogens with one attached hydrogen (secondary N) is 2. The van der Waals surface area contributed by atoms with Crippen LogP contribution in [0.5, 0.6) is 0 Å². The summed E-state index contributed by atoms with van der Waals surface area (Å²) in [6.45, 7) is 2.85. The van der Waals surface area contributed by atoms with Gasteiger partial charge in [-0.3, -0.25) is 0 Å². The molecule has 3 nitrogen and oxygen atoms in total. The molecule has 0 saturated carbocycles. The molecule has 0 aliphatic heterocycles. The number of benzene rings is 2. The molecule has 3 aromatic rings. The van der Waals surface area contributed by atoms with Gasteiger partial charge in [0.25, 0.3) is 0 Å². The van der Waals surface area contributed by atoms with E-state index < -0.39 is 0 Å². The van der Waals surface area contributed by atoms with Crippen molar-refractivity contribution in [3.05, 3.63) is 62.3 Å². The summed E-state index contributed by atoms with van der Waals surface area (Å²) < 4.78 is 1.05. The summed E-state index contributed by atoms with van der Waals surface area (Å²) >= 11 is 15.5. The molecule has 0 aliphatic carbocycles. The van der Waals surface area contributed by atoms with Gasteiger partial charge in [0.15, 0.2) is 0 Å². The van der Waals surface area contributed by atoms with Crippen LogP contribution in [0.1, 0.15) is 18.3 Å². The van der Waals surface area contributed by atoms with E-state index in [0.717, 1.165) is 33.3 Å². The summed E-state index contributed by atoms with van der Waals surface area (Å²) in [7, 11) is 0. The van der Waals surface area contributed by atoms with Gasteiger partial charge in [-0.15, -0.1) is 0 Å². The lowest BCUT2D eigenvalue weighted by atomic mass is 10.2. The molecule has 0 radical (unpaired) electrons. The van der Waals surface area contributed by atoms with Gasteiger partial charge >= 0.3 is 0 Å². The molecule has 0 fully saturated rings. The maximum atomic E-state index is 6.02. The van der Waals surface area contributed by atoms with Crippen molar-refractivity contribution in [3.8, 4) is 0 Å². The van der Waals surface area contributed by atoms with Crippen LogP contribution >= 0.6 is 39.1 Å². The van der Waals surface area contributed by atoms with Crippen molar-refractivity contribution in [2.24, 2.45) is 0 Å². The Labute approximate surface area is 153 Å². The van der Waals surface area contributed by atoms with Gasteiger partial charge in [-0.25, -0.2) is 4.98 Å². The molecular weight excluding hydrogens is 397 g/mol. The van der Waals surface area contributed by atoms with Gasteiger partial charge in [0, 0.05) is 33.5 Å². The van der Waals surface area contributed by atoms with Crippen molar-refractivity contribution in [2.75, 3.05) is 0 Å². The smallest absolute Gasteiger partial charge is 0.108 e. The van der Waals surface area contributed by atoms with Gasteiger partial charge in [0.1, 0.15) is 5.82 Å². The second kappa shape index (κ2) is 7.22. The first-order valence-corrected chi connectivity index (χ1v) is 8.87. The fraction of sp³-hybridized carbons (Fsp3) is 0.235. The van der Waals surface area contributed by atoms with Crippen LogP contribution in [0.4, 0.5) is 0 Å². The van der Waals surface area contributed by atoms with E-state index in [9.17, 15) is 0 Å². The third-order valence-electron chi connectivity index (χ3n) is 3.57. The van der Waals surface area contributed by atoms with Gasteiger partial charge in [-0.05, 0) is 48.9 Å². The number of aromatic amines is 1. The van der Waals surface area contributed by atoms with Crippen LogP contribution < -0.4 is 5.32 Å². The van der Waals surface area contributed by atoms with Crippen LogP contribution in [0.25, 0.3) is 11.0 Å². The summed E-state index contributed by atoms with van der Waals surface area (Å²) in [5, 5.41) is 4.79. The maximum absolute atomic E-state index is 6.02. The summed E-state index contributed by atoms with van der Waals surface area (Å²) in [5.74, 6) is 0.974. The molecule has 23 heavy (non-hydrogen) atoms. The lowest BCUT2D eigenvalue weighted by Crippen LogP contribution is -2.28. The second-order valence-corrected chi connectivity index (χ2v) is 7.40. The molecule has 2 aromatic carbocycles. The van der Waals surface area contributed by atoms with Crippen molar-refractivity contribution in [1.82, 2.24) is 15.3 Å². The average molecular weight is 413 g/mol. The highest BCUT2D eigenvalue weighted by Crippen LogP contribution is 2.20. The molecule has 1 unspecified atom stereocenters. The van der Waals surface area contributed by atoms with Crippen LogP contribution in [0, 0.1) is 0 Å². The quantitative estimate of drug-likeness (QED) is 0.592. The molecule has 0 bridgehead atoms. The summed E-state index contributed by atoms with van der Waals surface area (Å²) in [6.07, 6.45) is 0.820. The van der Waals surface area contributed by atoms with Gasteiger partial charge in [-0.2, -0.15) is 0 Å². The number of rotatable bonds is 5. The zero-order chi connectivity index (χ0) is 16.4. The molecule has 1 heterocycles. The predicted molar refractivity (Wildman–Crippen MR) is 100 cm³/mol. The summed E-state index contributed by atoms with van der Waals surface area (Å²) in [5.41, 5.74) is 3.10. The average Bonchev–Trinajstić information content (AvgIpc) is 2.85. The van der Waals surface area contributed by atoms with E-state index in [-0.39, 0.29) is 6.04 Å². The van der Waals surface area contributed by atoms with Gasteiger partial charge < -0.3 is 10.3 Å². The minimum Gasteiger partial charge on any atom is -0.342 e. The van der Waals surface area contributed by atoms with E-state index in [1.165, 1.54) is 0 Å². The SMILES string of the molecule is CC(Cc1nc2ccc(Br)cc2[nH]1)NCc1cc(Cl)cc(Cl)c1. The molecule has 0 saturated heterocycles. The highest BCUT2D eigenvalue weighted by atomic mass is 79.9. The summed E-state index contributed by atoms with van der Waals surface area (Å²) in [6, 6.07) is 11.9. The number of hydrogen-bond donors (Lipinski definition) is 2. The van der Waals surface area contributed by atoms with Crippen molar-refractivity contribution in [1.29, 1.82) is 0 Å². The van der Waals surface area contributed by atoms with Crippen molar-refractivity contribution < 1.29 is 0 Å². The number of nitrogens with zero attached hydrogens (tertiary/aromatic N) is 1. The Kier molecular flexibility index (Phi) is 5.27. The van der Waals surface area contributed by atoms with Crippen LogP contribution in [0.2, 0.25) is 10.0 Å². The Morgan fingerprint density at radius 1 is 1.17 bits per heavy atom. The zero-order valence-electron chi connectivity index (χ0n) is 12.5. The molecular formula is C17H16BrCl2N3. The Morgan fingerprint density at radius 3 is 2.65 bits per heavy atom. The number of imidazole rings is 1. The first-order valence-electron chi connectivity index (χ1n) is 7.32. The normalized spacial score (nSPS) is 12.7. The monoisotopic (exact) mass is 411 g/mol. The topological polar surface area (TPSA) is 40.7 Å². The van der Waals surface area contributed by atoms with E-state index in [1.807, 2.05) is 30.3 Å². The first-order chi connectivity index (χ1) is 11.0. The third kappa shape index (κ3) is 4.48. The van der Waals surface area contributed by atoms with Crippen LogP contribution in [0.3, 0.4) is 0 Å². The third-order valence-corrected chi connectivity index (χ3v) is 4.50. The van der Waals surface area contributed by atoms with Gasteiger partial charge in [0.2, 0.25) is 0 Å². The number of H-pyrrole nitrogens is 1. The molecule has 6 heteroatoms. The number of halogens is 3. The van der Waals surface area contributed by atoms with E-state index in [1.54, 1.807) is 6.07 Å². The number of hydrogen-bond acceptors (Lipinski definition) is 2. The largest absolute Gasteiger partial charge is 0.342 e.